The third kappa shape index (κ3) is 3.40. The van der Waals surface area contributed by atoms with Crippen LogP contribution < -0.4 is 9.47 Å². The van der Waals surface area contributed by atoms with E-state index >= 15 is 0 Å². The van der Waals surface area contributed by atoms with Crippen LogP contribution in [0.2, 0.25) is 0 Å². The van der Waals surface area contributed by atoms with Crippen molar-refractivity contribution in [3.05, 3.63) is 24.3 Å². The largest absolute Gasteiger partial charge is 0.493 e. The van der Waals surface area contributed by atoms with E-state index in [4.69, 9.17) is 18.9 Å². The molecule has 1 aromatic carbocycles. The molecule has 4 aliphatic rings. The van der Waals surface area contributed by atoms with Crippen molar-refractivity contribution in [3.63, 3.8) is 0 Å². The monoisotopic (exact) mass is 330 g/mol. The number of fused-ring (bicyclic) bond motifs is 2. The molecule has 6 atom stereocenters. The summed E-state index contributed by atoms with van der Waals surface area (Å²) in [6, 6.07) is 8.09. The van der Waals surface area contributed by atoms with E-state index in [1.807, 2.05) is 24.3 Å². The lowest BCUT2D eigenvalue weighted by Crippen LogP contribution is -2.20. The third-order valence-electron chi connectivity index (χ3n) is 6.00. The number of hydrogen-bond donors (Lipinski definition) is 0. The zero-order chi connectivity index (χ0) is 15.9. The van der Waals surface area contributed by atoms with E-state index in [9.17, 15) is 0 Å². The Bertz CT molecular complexity index is 542. The first-order valence-electron chi connectivity index (χ1n) is 9.50. The molecule has 6 unspecified atom stereocenters. The Labute approximate surface area is 143 Å². The van der Waals surface area contributed by atoms with Gasteiger partial charge in [0, 0.05) is 6.07 Å². The summed E-state index contributed by atoms with van der Waals surface area (Å²) >= 11 is 0. The molecule has 0 radical (unpaired) electrons. The highest BCUT2D eigenvalue weighted by Gasteiger charge is 2.44. The van der Waals surface area contributed by atoms with Crippen LogP contribution in [0, 0.1) is 11.8 Å². The highest BCUT2D eigenvalue weighted by molar-refractivity contribution is 5.33. The number of rotatable bonds is 6. The second-order valence-corrected chi connectivity index (χ2v) is 7.88. The SMILES string of the molecule is c1cc(OCC2CCC3OC3C2)cc(OCC2CCC3OC3C2)c1. The van der Waals surface area contributed by atoms with Crippen LogP contribution in [0.25, 0.3) is 0 Å². The maximum absolute atomic E-state index is 6.01. The van der Waals surface area contributed by atoms with E-state index in [-0.39, 0.29) is 0 Å². The van der Waals surface area contributed by atoms with Crippen molar-refractivity contribution in [1.29, 1.82) is 0 Å². The first-order chi connectivity index (χ1) is 11.8. The molecule has 5 rings (SSSR count). The van der Waals surface area contributed by atoms with Crippen LogP contribution in [-0.2, 0) is 9.47 Å². The summed E-state index contributed by atoms with van der Waals surface area (Å²) in [7, 11) is 0. The van der Waals surface area contributed by atoms with E-state index in [1.165, 1.54) is 25.7 Å². The predicted octanol–water partition coefficient (Wildman–Crippen LogP) is 3.58. The van der Waals surface area contributed by atoms with Crippen molar-refractivity contribution in [3.8, 4) is 11.5 Å². The summed E-state index contributed by atoms with van der Waals surface area (Å²) in [4.78, 5) is 0. The normalized spacial score (nSPS) is 39.5. The molecule has 0 bridgehead atoms. The lowest BCUT2D eigenvalue weighted by molar-refractivity contribution is 0.208. The molecule has 130 valence electrons. The zero-order valence-corrected chi connectivity index (χ0v) is 14.1. The molecule has 2 saturated carbocycles. The standard InChI is InChI=1S/C20H26O4/c1-2-15(21-11-13-4-6-17-19(8-13)23-17)10-16(3-1)22-12-14-5-7-18-20(9-14)24-18/h1-3,10,13-14,17-20H,4-9,11-12H2. The van der Waals surface area contributed by atoms with Crippen molar-refractivity contribution in [2.24, 2.45) is 11.8 Å². The fourth-order valence-electron chi connectivity index (χ4n) is 4.36. The summed E-state index contributed by atoms with van der Waals surface area (Å²) in [5.41, 5.74) is 0. The maximum atomic E-state index is 6.01. The van der Waals surface area contributed by atoms with E-state index in [0.29, 0.717) is 36.3 Å². The Hall–Kier alpha value is -1.26. The fourth-order valence-corrected chi connectivity index (χ4v) is 4.36. The first kappa shape index (κ1) is 15.0. The Morgan fingerprint density at radius 2 is 1.29 bits per heavy atom. The molecule has 2 aliphatic heterocycles. The second kappa shape index (κ2) is 6.23. The minimum Gasteiger partial charge on any atom is -0.493 e. The summed E-state index contributed by atoms with van der Waals surface area (Å²) in [5.74, 6) is 3.10. The molecule has 1 aromatic rings. The summed E-state index contributed by atoms with van der Waals surface area (Å²) in [6.45, 7) is 1.58. The molecule has 0 amide bonds. The van der Waals surface area contributed by atoms with Gasteiger partial charge in [-0.2, -0.15) is 0 Å². The lowest BCUT2D eigenvalue weighted by atomic mass is 9.90. The minimum absolute atomic E-state index is 0.521. The highest BCUT2D eigenvalue weighted by atomic mass is 16.6. The van der Waals surface area contributed by atoms with Crippen LogP contribution in [0.1, 0.15) is 38.5 Å². The highest BCUT2D eigenvalue weighted by Crippen LogP contribution is 2.40. The van der Waals surface area contributed by atoms with E-state index < -0.39 is 0 Å². The van der Waals surface area contributed by atoms with Gasteiger partial charge in [0.15, 0.2) is 0 Å². The number of benzene rings is 1. The van der Waals surface area contributed by atoms with Crippen LogP contribution in [0.3, 0.4) is 0 Å². The molecule has 0 spiro atoms. The summed E-state index contributed by atoms with van der Waals surface area (Å²) in [5, 5.41) is 0. The van der Waals surface area contributed by atoms with Gasteiger partial charge in [0.2, 0.25) is 0 Å². The number of epoxide rings is 2. The Morgan fingerprint density at radius 1 is 0.750 bits per heavy atom. The van der Waals surface area contributed by atoms with Crippen molar-refractivity contribution in [2.75, 3.05) is 13.2 Å². The Morgan fingerprint density at radius 3 is 1.79 bits per heavy atom. The summed E-state index contributed by atoms with van der Waals surface area (Å²) in [6.07, 6.45) is 9.35. The molecular formula is C20H26O4. The quantitative estimate of drug-likeness (QED) is 0.748. The van der Waals surface area contributed by atoms with Gasteiger partial charge in [-0.25, -0.2) is 0 Å². The van der Waals surface area contributed by atoms with Gasteiger partial charge in [-0.1, -0.05) is 6.07 Å². The minimum atomic E-state index is 0.521. The van der Waals surface area contributed by atoms with E-state index in [2.05, 4.69) is 0 Å². The molecule has 2 heterocycles. The molecule has 0 N–H and O–H groups in total. The number of ether oxygens (including phenoxy) is 4. The first-order valence-corrected chi connectivity index (χ1v) is 9.50. The van der Waals surface area contributed by atoms with Gasteiger partial charge < -0.3 is 18.9 Å². The van der Waals surface area contributed by atoms with Crippen molar-refractivity contribution in [2.45, 2.75) is 62.9 Å². The molecule has 4 nitrogen and oxygen atoms in total. The molecule has 2 aliphatic carbocycles. The van der Waals surface area contributed by atoms with Gasteiger partial charge in [-0.05, 0) is 62.5 Å². The maximum Gasteiger partial charge on any atom is 0.122 e. The molecule has 4 fully saturated rings. The third-order valence-corrected chi connectivity index (χ3v) is 6.00. The van der Waals surface area contributed by atoms with Crippen LogP contribution in [0.4, 0.5) is 0 Å². The molecule has 2 saturated heterocycles. The van der Waals surface area contributed by atoms with Gasteiger partial charge in [-0.3, -0.25) is 0 Å². The topological polar surface area (TPSA) is 43.5 Å². The molecule has 4 heteroatoms. The van der Waals surface area contributed by atoms with Crippen LogP contribution in [0.15, 0.2) is 24.3 Å². The molecule has 24 heavy (non-hydrogen) atoms. The van der Waals surface area contributed by atoms with Gasteiger partial charge in [0.05, 0.1) is 37.6 Å². The van der Waals surface area contributed by atoms with Gasteiger partial charge >= 0.3 is 0 Å². The Kier molecular flexibility index (Phi) is 3.90. The van der Waals surface area contributed by atoms with Crippen LogP contribution in [0.5, 0.6) is 11.5 Å². The van der Waals surface area contributed by atoms with Gasteiger partial charge in [0.25, 0.3) is 0 Å². The van der Waals surface area contributed by atoms with Crippen molar-refractivity contribution >= 4 is 0 Å². The predicted molar refractivity (Wildman–Crippen MR) is 89.4 cm³/mol. The van der Waals surface area contributed by atoms with E-state index in [1.54, 1.807) is 0 Å². The fraction of sp³-hybridized carbons (Fsp3) is 0.700. The zero-order valence-electron chi connectivity index (χ0n) is 14.1. The van der Waals surface area contributed by atoms with Crippen LogP contribution >= 0.6 is 0 Å². The van der Waals surface area contributed by atoms with Gasteiger partial charge in [-0.15, -0.1) is 0 Å². The Balaban J connectivity index is 1.10. The molecule has 0 aromatic heterocycles. The van der Waals surface area contributed by atoms with Crippen molar-refractivity contribution in [1.82, 2.24) is 0 Å². The number of hydrogen-bond acceptors (Lipinski definition) is 4. The summed E-state index contributed by atoms with van der Waals surface area (Å²) < 4.78 is 23.2. The van der Waals surface area contributed by atoms with Crippen LogP contribution in [-0.4, -0.2) is 37.6 Å². The molecular weight excluding hydrogens is 304 g/mol. The van der Waals surface area contributed by atoms with Crippen molar-refractivity contribution < 1.29 is 18.9 Å². The van der Waals surface area contributed by atoms with E-state index in [0.717, 1.165) is 37.6 Å². The average molecular weight is 330 g/mol. The average Bonchev–Trinajstić information content (AvgIpc) is 3.52. The lowest BCUT2D eigenvalue weighted by Gasteiger charge is -2.20. The smallest absolute Gasteiger partial charge is 0.122 e. The second-order valence-electron chi connectivity index (χ2n) is 7.88. The van der Waals surface area contributed by atoms with Gasteiger partial charge in [0.1, 0.15) is 11.5 Å².